The standard InChI is InChI=1S/C16H18F3N5O2/c1-9(2)8-25-10(3)15-21-13(26-23-15)7-24-12-4-5-20-6-11(12)14(22-24)16(17,18)19/h4-6,9-10H,7-8H2,1-3H3. The zero-order valence-corrected chi connectivity index (χ0v) is 14.5. The minimum atomic E-state index is -4.58. The fraction of sp³-hybridized carbons (Fsp3) is 0.500. The van der Waals surface area contributed by atoms with Crippen molar-refractivity contribution in [1.29, 1.82) is 0 Å². The number of alkyl halides is 3. The second-order valence-electron chi connectivity index (χ2n) is 6.31. The van der Waals surface area contributed by atoms with E-state index in [4.69, 9.17) is 9.26 Å². The lowest BCUT2D eigenvalue weighted by Gasteiger charge is -2.10. The first-order valence-corrected chi connectivity index (χ1v) is 8.07. The number of ether oxygens (including phenoxy) is 1. The number of pyridine rings is 1. The maximum Gasteiger partial charge on any atom is 0.435 e. The van der Waals surface area contributed by atoms with Gasteiger partial charge in [-0.25, -0.2) is 0 Å². The molecule has 3 aromatic rings. The van der Waals surface area contributed by atoms with Crippen LogP contribution in [0.15, 0.2) is 23.0 Å². The quantitative estimate of drug-likeness (QED) is 0.660. The predicted octanol–water partition coefficient (Wildman–Crippen LogP) is 3.62. The summed E-state index contributed by atoms with van der Waals surface area (Å²) in [4.78, 5) is 7.95. The van der Waals surface area contributed by atoms with E-state index in [0.717, 1.165) is 6.20 Å². The molecule has 0 amide bonds. The molecular weight excluding hydrogens is 351 g/mol. The van der Waals surface area contributed by atoms with Crippen molar-refractivity contribution in [2.24, 2.45) is 5.92 Å². The SMILES string of the molecule is CC(C)COC(C)c1noc(Cn2nc(C(F)(F)F)c3cnccc32)n1. The summed E-state index contributed by atoms with van der Waals surface area (Å²) in [5.74, 6) is 0.846. The highest BCUT2D eigenvalue weighted by Gasteiger charge is 2.37. The molecule has 7 nitrogen and oxygen atoms in total. The molecule has 0 aliphatic carbocycles. The first kappa shape index (κ1) is 18.3. The van der Waals surface area contributed by atoms with E-state index in [9.17, 15) is 13.2 Å². The molecule has 0 N–H and O–H groups in total. The van der Waals surface area contributed by atoms with Crippen molar-refractivity contribution in [3.63, 3.8) is 0 Å². The van der Waals surface area contributed by atoms with E-state index in [0.29, 0.717) is 18.3 Å². The van der Waals surface area contributed by atoms with Crippen LogP contribution in [0.4, 0.5) is 13.2 Å². The summed E-state index contributed by atoms with van der Waals surface area (Å²) >= 11 is 0. The molecule has 10 heteroatoms. The minimum absolute atomic E-state index is 0.0756. The molecule has 3 heterocycles. The first-order chi connectivity index (χ1) is 12.3. The molecule has 3 rings (SSSR count). The Bertz CT molecular complexity index is 888. The molecule has 0 saturated carbocycles. The fourth-order valence-electron chi connectivity index (χ4n) is 2.39. The molecule has 0 aliphatic rings. The van der Waals surface area contributed by atoms with Gasteiger partial charge in [0.25, 0.3) is 0 Å². The Labute approximate surface area is 147 Å². The highest BCUT2D eigenvalue weighted by atomic mass is 19.4. The lowest BCUT2D eigenvalue weighted by Crippen LogP contribution is -2.09. The Balaban J connectivity index is 1.84. The van der Waals surface area contributed by atoms with Gasteiger partial charge in [-0.05, 0) is 18.9 Å². The molecule has 26 heavy (non-hydrogen) atoms. The first-order valence-electron chi connectivity index (χ1n) is 8.07. The normalized spacial score (nSPS) is 13.7. The number of rotatable bonds is 6. The number of fused-ring (bicyclic) bond motifs is 1. The molecule has 140 valence electrons. The summed E-state index contributed by atoms with van der Waals surface area (Å²) in [6, 6.07) is 1.46. The van der Waals surface area contributed by atoms with Crippen LogP contribution in [0.2, 0.25) is 0 Å². The Morgan fingerprint density at radius 3 is 2.73 bits per heavy atom. The van der Waals surface area contributed by atoms with Gasteiger partial charge in [0, 0.05) is 19.0 Å². The molecule has 1 atom stereocenters. The molecule has 0 radical (unpaired) electrons. The van der Waals surface area contributed by atoms with Crippen LogP contribution >= 0.6 is 0 Å². The molecule has 0 aliphatic heterocycles. The van der Waals surface area contributed by atoms with Crippen molar-refractivity contribution in [2.75, 3.05) is 6.61 Å². The molecule has 0 aromatic carbocycles. The zero-order chi connectivity index (χ0) is 18.9. The highest BCUT2D eigenvalue weighted by molar-refractivity contribution is 5.81. The second-order valence-corrected chi connectivity index (χ2v) is 6.31. The van der Waals surface area contributed by atoms with Crippen LogP contribution in [0.1, 0.15) is 44.3 Å². The maximum absolute atomic E-state index is 13.2. The Kier molecular flexibility index (Phi) is 4.94. The van der Waals surface area contributed by atoms with Crippen molar-refractivity contribution in [3.8, 4) is 0 Å². The van der Waals surface area contributed by atoms with Crippen LogP contribution in [0.3, 0.4) is 0 Å². The van der Waals surface area contributed by atoms with Gasteiger partial charge in [-0.15, -0.1) is 0 Å². The molecular formula is C16H18F3N5O2. The topological polar surface area (TPSA) is 78.9 Å². The number of nitrogens with zero attached hydrogens (tertiary/aromatic N) is 5. The number of halogens is 3. The van der Waals surface area contributed by atoms with E-state index < -0.39 is 11.9 Å². The average molecular weight is 369 g/mol. The van der Waals surface area contributed by atoms with E-state index >= 15 is 0 Å². The van der Waals surface area contributed by atoms with Crippen LogP contribution in [0.25, 0.3) is 10.9 Å². The van der Waals surface area contributed by atoms with Gasteiger partial charge in [-0.2, -0.15) is 23.3 Å². The lowest BCUT2D eigenvalue weighted by molar-refractivity contribution is -0.140. The Morgan fingerprint density at radius 2 is 2.04 bits per heavy atom. The van der Waals surface area contributed by atoms with Crippen molar-refractivity contribution >= 4 is 10.9 Å². The maximum atomic E-state index is 13.2. The van der Waals surface area contributed by atoms with E-state index in [-0.39, 0.29) is 29.4 Å². The third-order valence-electron chi connectivity index (χ3n) is 3.63. The van der Waals surface area contributed by atoms with Crippen LogP contribution in [0, 0.1) is 5.92 Å². The van der Waals surface area contributed by atoms with Crippen LogP contribution in [0.5, 0.6) is 0 Å². The van der Waals surface area contributed by atoms with Crippen molar-refractivity contribution in [1.82, 2.24) is 24.9 Å². The highest BCUT2D eigenvalue weighted by Crippen LogP contribution is 2.33. The van der Waals surface area contributed by atoms with Gasteiger partial charge >= 0.3 is 6.18 Å². The van der Waals surface area contributed by atoms with Crippen molar-refractivity contribution in [3.05, 3.63) is 35.9 Å². The van der Waals surface area contributed by atoms with Gasteiger partial charge in [0.1, 0.15) is 12.6 Å². The Hall–Kier alpha value is -2.49. The molecule has 1 unspecified atom stereocenters. The van der Waals surface area contributed by atoms with E-state index in [1.54, 1.807) is 6.92 Å². The summed E-state index contributed by atoms with van der Waals surface area (Å²) in [5.41, 5.74) is -0.704. The average Bonchev–Trinajstić information content (AvgIpc) is 3.18. The van der Waals surface area contributed by atoms with Gasteiger partial charge in [-0.3, -0.25) is 9.67 Å². The van der Waals surface area contributed by atoms with Crippen molar-refractivity contribution < 1.29 is 22.4 Å². The van der Waals surface area contributed by atoms with Crippen LogP contribution in [-0.2, 0) is 17.5 Å². The largest absolute Gasteiger partial charge is 0.435 e. The monoisotopic (exact) mass is 369 g/mol. The van der Waals surface area contributed by atoms with Crippen molar-refractivity contribution in [2.45, 2.75) is 39.6 Å². The van der Waals surface area contributed by atoms with E-state index in [1.165, 1.54) is 16.9 Å². The summed E-state index contributed by atoms with van der Waals surface area (Å²) in [6.45, 7) is 6.28. The number of hydrogen-bond acceptors (Lipinski definition) is 6. The van der Waals surface area contributed by atoms with E-state index in [2.05, 4.69) is 20.2 Å². The fourth-order valence-corrected chi connectivity index (χ4v) is 2.39. The van der Waals surface area contributed by atoms with Gasteiger partial charge in [0.15, 0.2) is 11.5 Å². The predicted molar refractivity (Wildman–Crippen MR) is 85.1 cm³/mol. The van der Waals surface area contributed by atoms with Gasteiger partial charge < -0.3 is 9.26 Å². The van der Waals surface area contributed by atoms with Crippen LogP contribution in [-0.4, -0.2) is 31.5 Å². The molecule has 0 fully saturated rings. The van der Waals surface area contributed by atoms with Gasteiger partial charge in [0.2, 0.25) is 5.89 Å². The molecule has 0 bridgehead atoms. The minimum Gasteiger partial charge on any atom is -0.370 e. The number of aromatic nitrogens is 5. The number of hydrogen-bond donors (Lipinski definition) is 0. The third-order valence-corrected chi connectivity index (χ3v) is 3.63. The van der Waals surface area contributed by atoms with Crippen LogP contribution < -0.4 is 0 Å². The van der Waals surface area contributed by atoms with Gasteiger partial charge in [0.05, 0.1) is 10.9 Å². The van der Waals surface area contributed by atoms with E-state index in [1.807, 2.05) is 13.8 Å². The summed E-state index contributed by atoms with van der Waals surface area (Å²) in [7, 11) is 0. The molecule has 0 spiro atoms. The Morgan fingerprint density at radius 1 is 1.27 bits per heavy atom. The summed E-state index contributed by atoms with van der Waals surface area (Å²) < 4.78 is 51.4. The smallest absolute Gasteiger partial charge is 0.370 e. The van der Waals surface area contributed by atoms with Gasteiger partial charge in [-0.1, -0.05) is 19.0 Å². The summed E-state index contributed by atoms with van der Waals surface area (Å²) in [5, 5.41) is 7.43. The summed E-state index contributed by atoms with van der Waals surface area (Å²) in [6.07, 6.45) is -2.41. The second kappa shape index (κ2) is 7.02. The third kappa shape index (κ3) is 3.85. The molecule has 0 saturated heterocycles. The lowest BCUT2D eigenvalue weighted by atomic mass is 10.2. The zero-order valence-electron chi connectivity index (χ0n) is 14.5. The molecule has 3 aromatic heterocycles.